The fraction of sp³-hybridized carbons (Fsp3) is 0.519. The summed E-state index contributed by atoms with van der Waals surface area (Å²) >= 11 is 0. The van der Waals surface area contributed by atoms with Crippen LogP contribution < -0.4 is 38.1 Å². The summed E-state index contributed by atoms with van der Waals surface area (Å²) in [5, 5.41) is 39.3. The molecule has 416 valence electrons. The second-order valence-electron chi connectivity index (χ2n) is 18.2. The lowest BCUT2D eigenvalue weighted by molar-refractivity contribution is -0.141. The number of aliphatic hydroxyl groups excluding tert-OH is 1. The number of aliphatic carboxylic acids is 2. The number of carboxylic acid groups (broad SMARTS) is 2. The van der Waals surface area contributed by atoms with E-state index in [-0.39, 0.29) is 44.3 Å². The molecule has 6 atom stereocenters. The van der Waals surface area contributed by atoms with Gasteiger partial charge in [0.1, 0.15) is 42.4 Å². The molecular weight excluding hydrogens is 981 g/mol. The minimum Gasteiger partial charge on any atom is -0.481 e. The Kier molecular flexibility index (Phi) is 28.8. The van der Waals surface area contributed by atoms with Crippen molar-refractivity contribution in [1.29, 1.82) is 0 Å². The van der Waals surface area contributed by atoms with Crippen molar-refractivity contribution in [3.8, 4) is 11.1 Å². The van der Waals surface area contributed by atoms with Gasteiger partial charge in [0.2, 0.25) is 41.4 Å². The lowest BCUT2D eigenvalue weighted by Gasteiger charge is -2.41. The van der Waals surface area contributed by atoms with Gasteiger partial charge in [-0.3, -0.25) is 43.2 Å². The number of hydrogen-bond donors (Lipinski definition) is 10. The monoisotopic (exact) mass is 1060 g/mol. The second-order valence-corrected chi connectivity index (χ2v) is 18.2. The summed E-state index contributed by atoms with van der Waals surface area (Å²) < 4.78 is 31.5. The Labute approximate surface area is 436 Å². The molecule has 0 spiro atoms. The number of rotatable bonds is 15. The van der Waals surface area contributed by atoms with Crippen LogP contribution in [-0.2, 0) is 49.7 Å². The van der Waals surface area contributed by atoms with E-state index in [1.54, 1.807) is 19.2 Å². The summed E-state index contributed by atoms with van der Waals surface area (Å²) in [5.74, 6) is -8.82. The average molecular weight is 1060 g/mol. The molecule has 1 aliphatic rings. The second kappa shape index (κ2) is 32.8. The van der Waals surface area contributed by atoms with Crippen LogP contribution in [0, 0.1) is 17.0 Å². The molecule has 21 nitrogen and oxygen atoms in total. The summed E-state index contributed by atoms with van der Waals surface area (Å²) in [5.41, 5.74) is 11.3. The van der Waals surface area contributed by atoms with Crippen LogP contribution in [-0.4, -0.2) is 128 Å². The Balaban J connectivity index is 0.00000178. The number of nitrogens with two attached hydrogens (primary N) is 2. The van der Waals surface area contributed by atoms with Gasteiger partial charge in [-0.05, 0) is 74.8 Å². The van der Waals surface area contributed by atoms with E-state index in [4.69, 9.17) is 21.7 Å². The minimum absolute atomic E-state index is 0.0125. The highest BCUT2D eigenvalue weighted by Gasteiger charge is 2.39. The highest BCUT2D eigenvalue weighted by Crippen LogP contribution is 2.41. The third-order valence-corrected chi connectivity index (χ3v) is 11.2. The number of carbonyl (C=O) groups excluding carboxylic acids is 7. The van der Waals surface area contributed by atoms with E-state index < -0.39 is 126 Å². The first kappa shape index (κ1) is 65.7. The van der Waals surface area contributed by atoms with Crippen molar-refractivity contribution in [2.45, 2.75) is 150 Å². The number of nitrogens with one attached hydrogen (secondary N) is 5. The van der Waals surface area contributed by atoms with Crippen LogP contribution in [0.3, 0.4) is 0 Å². The molecule has 1 fully saturated rings. The van der Waals surface area contributed by atoms with Crippen molar-refractivity contribution in [3.63, 3.8) is 0 Å². The van der Waals surface area contributed by atoms with E-state index in [9.17, 15) is 52.6 Å². The van der Waals surface area contributed by atoms with E-state index in [2.05, 4.69) is 26.6 Å². The molecule has 0 bridgehead atoms. The van der Waals surface area contributed by atoms with Gasteiger partial charge in [0.15, 0.2) is 0 Å². The van der Waals surface area contributed by atoms with Gasteiger partial charge in [0, 0.05) is 55.0 Å². The Morgan fingerprint density at radius 2 is 1.45 bits per heavy atom. The van der Waals surface area contributed by atoms with Crippen LogP contribution in [0.25, 0.3) is 11.1 Å². The highest BCUT2D eigenvalue weighted by molar-refractivity contribution is 5.96. The molecule has 2 unspecified atom stereocenters. The lowest BCUT2D eigenvalue weighted by Crippen LogP contribution is -2.58. The molecule has 7 amide bonds. The van der Waals surface area contributed by atoms with Crippen LogP contribution in [0.1, 0.15) is 125 Å². The average Bonchev–Trinajstić information content (AvgIpc) is 3.76. The molecule has 0 saturated carbocycles. The highest BCUT2D eigenvalue weighted by atomic mass is 19.1. The summed E-state index contributed by atoms with van der Waals surface area (Å²) in [4.78, 5) is 113. The first-order valence-corrected chi connectivity index (χ1v) is 24.9. The SMILES string of the molecule is CC.CC.CC1CCCC(=O)NCC(=O)N[C@@H](C)C(=O)N[C@@H](CC(N)=O)C(=O)N[C@@H](CCN(C(=O)CO)C(c2cc(-c3cc(F)ccc3F)cn2Cc2ccccc2)C(C)(C)C)C(=O)N1.N[C@@H](CCC(=O)O)C(=O)O. The van der Waals surface area contributed by atoms with Gasteiger partial charge < -0.3 is 62.8 Å². The molecule has 0 aliphatic carbocycles. The smallest absolute Gasteiger partial charge is 0.320 e. The molecule has 1 saturated heterocycles. The largest absolute Gasteiger partial charge is 0.481 e. The van der Waals surface area contributed by atoms with Crippen molar-refractivity contribution >= 4 is 53.3 Å². The van der Waals surface area contributed by atoms with E-state index in [0.717, 1.165) is 23.8 Å². The van der Waals surface area contributed by atoms with Gasteiger partial charge in [-0.2, -0.15) is 0 Å². The maximum atomic E-state index is 15.2. The van der Waals surface area contributed by atoms with Gasteiger partial charge in [-0.1, -0.05) is 78.8 Å². The third-order valence-electron chi connectivity index (χ3n) is 11.2. The number of carbonyl (C=O) groups is 9. The van der Waals surface area contributed by atoms with Crippen LogP contribution in [0.5, 0.6) is 0 Å². The number of aliphatic hydroxyl groups is 1. The van der Waals surface area contributed by atoms with Gasteiger partial charge in [0.05, 0.1) is 19.0 Å². The molecule has 1 aromatic heterocycles. The first-order valence-electron chi connectivity index (χ1n) is 24.9. The quantitative estimate of drug-likeness (QED) is 0.105. The zero-order chi connectivity index (χ0) is 57.2. The topological polar surface area (TPSA) is 335 Å². The standard InChI is InChI=1S/C43H56F2N8O8.C5H9NO4.2C2H6/c1-25-10-9-13-36(56)47-21-37(57)49-26(2)40(59)51-33(20-35(46)55)42(61)50-32(41(60)48-25)16-17-53(38(58)24-54)39(43(3,4)5)34-18-28(30-19-29(44)14-15-31(30)45)23-52(34)22-27-11-7-6-8-12-27;6-3(5(9)10)1-2-4(7)8;2*1-2/h6-8,11-12,14-15,18-19,23,25-26,32-33,39,54H,9-10,13,16-17,20-22,24H2,1-5H3,(H2,46,55)(H,47,56)(H,48,60)(H,49,57)(H,50,61)(H,51,59);3H,1-2,6H2,(H,7,8)(H,9,10);2*1-2H3/t25?,26-,32-,33-,39?;3-;;/m00../s1. The summed E-state index contributed by atoms with van der Waals surface area (Å²) in [6, 6.07) is 7.42. The van der Waals surface area contributed by atoms with Crippen molar-refractivity contribution in [2.24, 2.45) is 16.9 Å². The fourth-order valence-corrected chi connectivity index (χ4v) is 7.63. The maximum absolute atomic E-state index is 15.2. The minimum atomic E-state index is -1.59. The van der Waals surface area contributed by atoms with Crippen LogP contribution in [0.15, 0.2) is 60.8 Å². The zero-order valence-electron chi connectivity index (χ0n) is 44.3. The fourth-order valence-electron chi connectivity index (χ4n) is 7.63. The molecule has 4 rings (SSSR count). The van der Waals surface area contributed by atoms with E-state index in [1.165, 1.54) is 11.8 Å². The number of carboxylic acids is 2. The first-order chi connectivity index (χ1) is 35.3. The summed E-state index contributed by atoms with van der Waals surface area (Å²) in [6.07, 6.45) is 1.19. The van der Waals surface area contributed by atoms with Gasteiger partial charge in [-0.15, -0.1) is 0 Å². The molecule has 3 aromatic rings. The number of halogens is 2. The number of amides is 7. The number of hydrogen-bond acceptors (Lipinski definition) is 11. The Morgan fingerprint density at radius 3 is 2.03 bits per heavy atom. The molecule has 2 aromatic carbocycles. The molecule has 12 N–H and O–H groups in total. The van der Waals surface area contributed by atoms with Crippen molar-refractivity contribution in [2.75, 3.05) is 19.7 Å². The maximum Gasteiger partial charge on any atom is 0.320 e. The molecule has 75 heavy (non-hydrogen) atoms. The van der Waals surface area contributed by atoms with Gasteiger partial charge in [-0.25, -0.2) is 8.78 Å². The van der Waals surface area contributed by atoms with Crippen LogP contribution >= 0.6 is 0 Å². The van der Waals surface area contributed by atoms with Crippen LogP contribution in [0.4, 0.5) is 8.78 Å². The van der Waals surface area contributed by atoms with Gasteiger partial charge >= 0.3 is 11.9 Å². The predicted molar refractivity (Wildman–Crippen MR) is 276 cm³/mol. The van der Waals surface area contributed by atoms with Crippen molar-refractivity contribution in [1.82, 2.24) is 36.1 Å². The number of primary amides is 1. The number of aromatic nitrogens is 1. The Morgan fingerprint density at radius 1 is 0.840 bits per heavy atom. The summed E-state index contributed by atoms with van der Waals surface area (Å²) in [6.45, 7) is 15.2. The lowest BCUT2D eigenvalue weighted by atomic mass is 9.82. The number of benzene rings is 2. The number of nitrogens with zero attached hydrogens (tertiary/aromatic N) is 2. The Hall–Kier alpha value is -7.27. The molecule has 1 aliphatic heterocycles. The van der Waals surface area contributed by atoms with Crippen LogP contribution in [0.2, 0.25) is 0 Å². The molecular formula is C52H77F2N9O12. The predicted octanol–water partition coefficient (Wildman–Crippen LogP) is 3.25. The van der Waals surface area contributed by atoms with E-state index >= 15 is 4.39 Å². The molecule has 2 heterocycles. The van der Waals surface area contributed by atoms with Crippen molar-refractivity contribution in [3.05, 3.63) is 83.7 Å². The zero-order valence-corrected chi connectivity index (χ0v) is 44.3. The normalized spacial score (nSPS) is 18.5. The summed E-state index contributed by atoms with van der Waals surface area (Å²) in [7, 11) is 0. The van der Waals surface area contributed by atoms with Gasteiger partial charge in [0.25, 0.3) is 0 Å². The van der Waals surface area contributed by atoms with E-state index in [1.807, 2.05) is 83.4 Å². The third kappa shape index (κ3) is 22.8. The van der Waals surface area contributed by atoms with E-state index in [0.29, 0.717) is 24.1 Å². The Bertz CT molecular complexity index is 2380. The molecule has 23 heteroatoms. The van der Waals surface area contributed by atoms with Crippen molar-refractivity contribution < 1.29 is 67.3 Å². The molecule has 0 radical (unpaired) electrons.